The number of hydrogen-bond donors (Lipinski definition) is 0. The first-order chi connectivity index (χ1) is 7.81. The number of hydrogen-bond acceptors (Lipinski definition) is 2. The van der Waals surface area contributed by atoms with Gasteiger partial charge < -0.3 is 0 Å². The van der Waals surface area contributed by atoms with Crippen molar-refractivity contribution in [2.45, 2.75) is 17.0 Å². The molecule has 2 heterocycles. The van der Waals surface area contributed by atoms with Gasteiger partial charge in [-0.2, -0.15) is 0 Å². The van der Waals surface area contributed by atoms with Crippen molar-refractivity contribution >= 4 is 38.6 Å². The summed E-state index contributed by atoms with van der Waals surface area (Å²) >= 11 is 4.34. The van der Waals surface area contributed by atoms with Gasteiger partial charge in [-0.25, -0.2) is 0 Å². The van der Waals surface area contributed by atoms with Crippen LogP contribution in [0.3, 0.4) is 0 Å². The van der Waals surface area contributed by atoms with E-state index >= 15 is 0 Å². The molecule has 0 unspecified atom stereocenters. The van der Waals surface area contributed by atoms with Crippen molar-refractivity contribution in [1.82, 2.24) is 9.97 Å². The summed E-state index contributed by atoms with van der Waals surface area (Å²) < 4.78 is 6.48. The summed E-state index contributed by atoms with van der Waals surface area (Å²) in [6, 6.07) is 1.94. The van der Waals surface area contributed by atoms with Gasteiger partial charge in [-0.1, -0.05) is 0 Å². The number of halogens is 1. The summed E-state index contributed by atoms with van der Waals surface area (Å²) in [5, 5.41) is 0.340. The van der Waals surface area contributed by atoms with Gasteiger partial charge in [0.1, 0.15) is 0 Å². The Morgan fingerprint density at radius 2 is 2.31 bits per heavy atom. The topological polar surface area (TPSA) is 25.8 Å². The van der Waals surface area contributed by atoms with Crippen molar-refractivity contribution in [1.29, 1.82) is 0 Å². The second-order valence-electron chi connectivity index (χ2n) is 4.53. The fourth-order valence-corrected chi connectivity index (χ4v) is 10.4. The van der Waals surface area contributed by atoms with Crippen molar-refractivity contribution in [2.24, 2.45) is 5.92 Å². The Labute approximate surface area is 108 Å². The van der Waals surface area contributed by atoms with E-state index in [4.69, 9.17) is 11.6 Å². The van der Waals surface area contributed by atoms with E-state index in [0.29, 0.717) is 5.28 Å². The van der Waals surface area contributed by atoms with E-state index in [1.54, 1.807) is 6.20 Å². The molecule has 0 saturated heterocycles. The maximum absolute atomic E-state index is 5.80. The van der Waals surface area contributed by atoms with E-state index in [1.165, 1.54) is 22.6 Å². The molecule has 0 atom stereocenters. The van der Waals surface area contributed by atoms with Gasteiger partial charge in [-0.3, -0.25) is 0 Å². The molecule has 16 heavy (non-hydrogen) atoms. The van der Waals surface area contributed by atoms with Gasteiger partial charge in [0.2, 0.25) is 0 Å². The van der Waals surface area contributed by atoms with E-state index in [0.717, 1.165) is 11.6 Å². The molecule has 1 aromatic heterocycles. The first kappa shape index (κ1) is 10.8. The average molecular weight is 335 g/mol. The van der Waals surface area contributed by atoms with Crippen LogP contribution < -0.4 is 0 Å². The van der Waals surface area contributed by atoms with Crippen molar-refractivity contribution in [3.63, 3.8) is 0 Å². The van der Waals surface area contributed by atoms with Gasteiger partial charge >= 0.3 is 108 Å². The van der Waals surface area contributed by atoms with Crippen LogP contribution >= 0.6 is 11.6 Å². The predicted octanol–water partition coefficient (Wildman–Crippen LogP) is 3.07. The predicted molar refractivity (Wildman–Crippen MR) is 67.4 cm³/mol. The molecule has 1 aliphatic heterocycles. The quantitative estimate of drug-likeness (QED) is 0.794. The van der Waals surface area contributed by atoms with Crippen LogP contribution in [0.15, 0.2) is 26.0 Å². The molecule has 0 radical (unpaired) electrons. The van der Waals surface area contributed by atoms with Gasteiger partial charge in [-0.15, -0.1) is 0 Å². The normalized spacial score (nSPS) is 19.1. The minimum absolute atomic E-state index is 0.340. The summed E-state index contributed by atoms with van der Waals surface area (Å²) in [6.07, 6.45) is 6.89. The molecule has 0 spiro atoms. The van der Waals surface area contributed by atoms with E-state index in [-0.39, 0.29) is 0 Å². The number of rotatable bonds is 3. The van der Waals surface area contributed by atoms with Gasteiger partial charge in [0.25, 0.3) is 0 Å². The van der Waals surface area contributed by atoms with E-state index in [2.05, 4.69) is 23.7 Å². The van der Waals surface area contributed by atoms with Gasteiger partial charge in [-0.05, 0) is 0 Å². The van der Waals surface area contributed by atoms with Crippen LogP contribution in [0.1, 0.15) is 18.5 Å². The molecule has 3 rings (SSSR count). The molecular formula is C12H12ClInN2. The Bertz CT molecular complexity index is 466. The van der Waals surface area contributed by atoms with Crippen molar-refractivity contribution in [3.05, 3.63) is 37.0 Å². The van der Waals surface area contributed by atoms with Crippen LogP contribution in [-0.4, -0.2) is 31.4 Å². The molecule has 1 aliphatic carbocycles. The average Bonchev–Trinajstić information content (AvgIpc) is 2.94. The summed E-state index contributed by atoms with van der Waals surface area (Å²) in [7, 11) is 0. The monoisotopic (exact) mass is 334 g/mol. The second kappa shape index (κ2) is 4.53. The molecule has 0 N–H and O–H groups in total. The Kier molecular flexibility index (Phi) is 3.07. The van der Waals surface area contributed by atoms with Crippen LogP contribution in [-0.2, 0) is 0 Å². The summed E-state index contributed by atoms with van der Waals surface area (Å²) in [6.45, 7) is 0. The molecule has 1 saturated carbocycles. The first-order valence-electron chi connectivity index (χ1n) is 5.70. The molecule has 0 amide bonds. The summed E-state index contributed by atoms with van der Waals surface area (Å²) in [5.74, 6) is 1.05. The van der Waals surface area contributed by atoms with Crippen LogP contribution in [0.25, 0.3) is 5.57 Å². The summed E-state index contributed by atoms with van der Waals surface area (Å²) in [4.78, 5) is 8.16. The number of allylic oxidation sites excluding steroid dienone is 2. The standard InChI is InChI=1S/C8H5ClN2.C4H7.In/c1-3-6(2)7-4-5-10-8(9)11-7;1-4-2-3-4;/h1-5H;4H,1-3H2;. The molecular weight excluding hydrogens is 322 g/mol. The minimum atomic E-state index is -1.46. The maximum atomic E-state index is 5.80. The van der Waals surface area contributed by atoms with Crippen molar-refractivity contribution in [3.8, 4) is 0 Å². The Hall–Kier alpha value is -0.280. The third-order valence-electron chi connectivity index (χ3n) is 3.14. The molecule has 2 aliphatic rings. The third kappa shape index (κ3) is 2.51. The van der Waals surface area contributed by atoms with Crippen LogP contribution in [0.5, 0.6) is 0 Å². The number of nitrogens with zero attached hydrogens (tertiary/aromatic N) is 2. The molecule has 1 fully saturated rings. The molecule has 1 aromatic rings. The van der Waals surface area contributed by atoms with Crippen molar-refractivity contribution < 1.29 is 0 Å². The Morgan fingerprint density at radius 3 is 3.06 bits per heavy atom. The Morgan fingerprint density at radius 1 is 1.44 bits per heavy atom. The second-order valence-corrected chi connectivity index (χ2v) is 12.1. The zero-order valence-electron chi connectivity index (χ0n) is 8.94. The third-order valence-corrected chi connectivity index (χ3v) is 11.0. The van der Waals surface area contributed by atoms with Crippen LogP contribution in [0.4, 0.5) is 0 Å². The van der Waals surface area contributed by atoms with Crippen molar-refractivity contribution in [2.75, 3.05) is 0 Å². The fraction of sp³-hybridized carbons (Fsp3) is 0.333. The Balaban J connectivity index is 1.78. The van der Waals surface area contributed by atoms with Gasteiger partial charge in [0.15, 0.2) is 0 Å². The molecule has 0 bridgehead atoms. The van der Waals surface area contributed by atoms with E-state index in [9.17, 15) is 0 Å². The zero-order valence-corrected chi connectivity index (χ0v) is 13.0. The first-order valence-corrected chi connectivity index (χ1v) is 12.2. The van der Waals surface area contributed by atoms with Crippen LogP contribution in [0, 0.1) is 5.92 Å². The molecule has 80 valence electrons. The molecule has 0 aromatic carbocycles. The van der Waals surface area contributed by atoms with E-state index in [1.807, 2.05) is 6.07 Å². The SMILES string of the molecule is Clc1nccc(C2=[CH][In]([CH2]C3CC3)[CH]=C2)n1. The van der Waals surface area contributed by atoms with Gasteiger partial charge in [0, 0.05) is 0 Å². The van der Waals surface area contributed by atoms with E-state index < -0.39 is 21.4 Å². The fourth-order valence-electron chi connectivity index (χ4n) is 2.12. The molecule has 2 nitrogen and oxygen atoms in total. The zero-order chi connectivity index (χ0) is 11.0. The van der Waals surface area contributed by atoms with Crippen LogP contribution in [0.2, 0.25) is 9.46 Å². The number of aromatic nitrogens is 2. The van der Waals surface area contributed by atoms with Gasteiger partial charge in [0.05, 0.1) is 0 Å². The summed E-state index contributed by atoms with van der Waals surface area (Å²) in [5.41, 5.74) is 2.25. The molecule has 4 heteroatoms.